The first kappa shape index (κ1) is 9.32. The highest BCUT2D eigenvalue weighted by atomic mass is 16.4. The zero-order valence-corrected chi connectivity index (χ0v) is 7.66. The summed E-state index contributed by atoms with van der Waals surface area (Å²) < 4.78 is 0. The quantitative estimate of drug-likeness (QED) is 0.584. The van der Waals surface area contributed by atoms with Gasteiger partial charge in [-0.05, 0) is 26.9 Å². The van der Waals surface area contributed by atoms with Crippen LogP contribution in [-0.2, 0) is 0 Å². The highest BCUT2D eigenvalue weighted by Gasteiger charge is 2.22. The number of rotatable bonds is 0. The van der Waals surface area contributed by atoms with Crippen molar-refractivity contribution in [2.24, 2.45) is 0 Å². The van der Waals surface area contributed by atoms with Crippen molar-refractivity contribution in [2.75, 3.05) is 26.7 Å². The van der Waals surface area contributed by atoms with Crippen molar-refractivity contribution in [2.45, 2.75) is 19.4 Å². The molecule has 1 N–H and O–H groups in total. The Kier molecular flexibility index (Phi) is 2.92. The fourth-order valence-corrected chi connectivity index (χ4v) is 1.66. The Morgan fingerprint density at radius 1 is 1.50 bits per heavy atom. The lowest BCUT2D eigenvalue weighted by molar-refractivity contribution is 0.128. The van der Waals surface area contributed by atoms with Gasteiger partial charge in [0.05, 0.1) is 0 Å². The Morgan fingerprint density at radius 3 is 2.75 bits per heavy atom. The second kappa shape index (κ2) is 3.76. The summed E-state index contributed by atoms with van der Waals surface area (Å²) in [6.45, 7) is 4.46. The van der Waals surface area contributed by atoms with Crippen LogP contribution in [0.2, 0.25) is 0 Å². The average Bonchev–Trinajstić information content (AvgIpc) is 2.10. The normalized spacial score (nSPS) is 26.8. The average molecular weight is 172 g/mol. The van der Waals surface area contributed by atoms with Crippen molar-refractivity contribution < 1.29 is 9.90 Å². The van der Waals surface area contributed by atoms with Gasteiger partial charge in [-0.25, -0.2) is 4.79 Å². The van der Waals surface area contributed by atoms with Crippen LogP contribution in [0, 0.1) is 0 Å². The van der Waals surface area contributed by atoms with Crippen LogP contribution in [0.1, 0.15) is 13.3 Å². The highest BCUT2D eigenvalue weighted by molar-refractivity contribution is 5.65. The van der Waals surface area contributed by atoms with Crippen LogP contribution in [0.3, 0.4) is 0 Å². The summed E-state index contributed by atoms with van der Waals surface area (Å²) in [5, 5.41) is 8.83. The van der Waals surface area contributed by atoms with Crippen molar-refractivity contribution in [3.63, 3.8) is 0 Å². The third kappa shape index (κ3) is 2.11. The van der Waals surface area contributed by atoms with Crippen molar-refractivity contribution in [3.05, 3.63) is 0 Å². The molecule has 12 heavy (non-hydrogen) atoms. The molecule has 1 aliphatic rings. The Morgan fingerprint density at radius 2 is 2.17 bits per heavy atom. The highest BCUT2D eigenvalue weighted by Crippen LogP contribution is 2.07. The van der Waals surface area contributed by atoms with Gasteiger partial charge in [0.15, 0.2) is 0 Å². The van der Waals surface area contributed by atoms with E-state index in [0.717, 1.165) is 19.5 Å². The van der Waals surface area contributed by atoms with E-state index in [1.807, 2.05) is 14.0 Å². The molecule has 0 aliphatic carbocycles. The number of carbonyl (C=O) groups is 1. The second-order valence-electron chi connectivity index (χ2n) is 3.44. The molecule has 0 saturated carbocycles. The van der Waals surface area contributed by atoms with Gasteiger partial charge >= 0.3 is 6.09 Å². The molecule has 0 bridgehead atoms. The molecule has 0 aromatic rings. The second-order valence-corrected chi connectivity index (χ2v) is 3.44. The number of hydrogen-bond donors (Lipinski definition) is 1. The molecular weight excluding hydrogens is 156 g/mol. The summed E-state index contributed by atoms with van der Waals surface area (Å²) in [4.78, 5) is 14.4. The summed E-state index contributed by atoms with van der Waals surface area (Å²) in [5.41, 5.74) is 0. The minimum absolute atomic E-state index is 0.120. The number of nitrogens with zero attached hydrogens (tertiary/aromatic N) is 2. The van der Waals surface area contributed by atoms with E-state index >= 15 is 0 Å². The van der Waals surface area contributed by atoms with Gasteiger partial charge in [-0.2, -0.15) is 0 Å². The Hall–Kier alpha value is -0.770. The van der Waals surface area contributed by atoms with Gasteiger partial charge in [0.2, 0.25) is 0 Å². The lowest BCUT2D eigenvalue weighted by Gasteiger charge is -2.24. The van der Waals surface area contributed by atoms with Crippen LogP contribution in [0.25, 0.3) is 0 Å². The smallest absolute Gasteiger partial charge is 0.407 e. The molecule has 70 valence electrons. The molecule has 1 atom stereocenters. The first-order valence-corrected chi connectivity index (χ1v) is 4.29. The Balaban J connectivity index is 2.57. The van der Waals surface area contributed by atoms with E-state index < -0.39 is 6.09 Å². The van der Waals surface area contributed by atoms with E-state index in [1.165, 1.54) is 4.90 Å². The molecule has 0 unspecified atom stereocenters. The summed E-state index contributed by atoms with van der Waals surface area (Å²) in [6.07, 6.45) is 0.144. The van der Waals surface area contributed by atoms with Gasteiger partial charge in [0.1, 0.15) is 0 Å². The molecule has 4 heteroatoms. The number of hydrogen-bond acceptors (Lipinski definition) is 2. The number of likely N-dealkylation sites (N-methyl/N-ethyl adjacent to an activating group) is 1. The minimum Gasteiger partial charge on any atom is -0.465 e. The predicted molar refractivity (Wildman–Crippen MR) is 46.3 cm³/mol. The lowest BCUT2D eigenvalue weighted by atomic mass is 10.3. The molecular formula is C8H16N2O2. The van der Waals surface area contributed by atoms with Crippen LogP contribution in [-0.4, -0.2) is 53.7 Å². The molecule has 1 aliphatic heterocycles. The first-order valence-electron chi connectivity index (χ1n) is 4.29. The lowest BCUT2D eigenvalue weighted by Crippen LogP contribution is -2.41. The van der Waals surface area contributed by atoms with Crippen LogP contribution < -0.4 is 0 Å². The van der Waals surface area contributed by atoms with Crippen molar-refractivity contribution in [1.29, 1.82) is 0 Å². The van der Waals surface area contributed by atoms with Crippen molar-refractivity contribution >= 4 is 6.09 Å². The first-order chi connectivity index (χ1) is 5.61. The maximum atomic E-state index is 10.7. The van der Waals surface area contributed by atoms with Crippen LogP contribution in [0.5, 0.6) is 0 Å². The van der Waals surface area contributed by atoms with Gasteiger partial charge in [0.25, 0.3) is 0 Å². The van der Waals surface area contributed by atoms with Gasteiger partial charge in [-0.1, -0.05) is 0 Å². The Bertz CT molecular complexity index is 172. The molecule has 4 nitrogen and oxygen atoms in total. The van der Waals surface area contributed by atoms with Crippen LogP contribution >= 0.6 is 0 Å². The van der Waals surface area contributed by atoms with Crippen molar-refractivity contribution in [1.82, 2.24) is 9.80 Å². The molecule has 1 rings (SSSR count). The molecule has 1 amide bonds. The molecule has 0 aromatic heterocycles. The zero-order valence-electron chi connectivity index (χ0n) is 7.66. The third-order valence-corrected chi connectivity index (χ3v) is 2.29. The summed E-state index contributed by atoms with van der Waals surface area (Å²) in [6, 6.07) is 0.120. The number of amides is 1. The van der Waals surface area contributed by atoms with Crippen molar-refractivity contribution in [3.8, 4) is 0 Å². The van der Waals surface area contributed by atoms with E-state index in [4.69, 9.17) is 5.11 Å². The van der Waals surface area contributed by atoms with E-state index in [2.05, 4.69) is 4.90 Å². The zero-order chi connectivity index (χ0) is 9.14. The maximum Gasteiger partial charge on any atom is 0.407 e. The van der Waals surface area contributed by atoms with Gasteiger partial charge < -0.3 is 14.9 Å². The fourth-order valence-electron chi connectivity index (χ4n) is 1.66. The van der Waals surface area contributed by atoms with Gasteiger partial charge in [0, 0.05) is 19.1 Å². The topological polar surface area (TPSA) is 43.8 Å². The molecule has 0 radical (unpaired) electrons. The monoisotopic (exact) mass is 172 g/mol. The van der Waals surface area contributed by atoms with Crippen LogP contribution in [0.15, 0.2) is 0 Å². The standard InChI is InChI=1S/C8H16N2O2/c1-7-6-9(2)4-3-5-10(7)8(11)12/h7H,3-6H2,1-2H3,(H,11,12)/t7-/m0/s1. The fraction of sp³-hybridized carbons (Fsp3) is 0.875. The molecule has 0 aromatic carbocycles. The van der Waals surface area contributed by atoms with Crippen LogP contribution in [0.4, 0.5) is 4.79 Å². The summed E-state index contributed by atoms with van der Waals surface area (Å²) >= 11 is 0. The molecule has 1 fully saturated rings. The molecule has 1 saturated heterocycles. The maximum absolute atomic E-state index is 10.7. The predicted octanol–water partition coefficient (Wildman–Crippen LogP) is 0.690. The van der Waals surface area contributed by atoms with E-state index in [1.54, 1.807) is 0 Å². The van der Waals surface area contributed by atoms with Gasteiger partial charge in [-0.15, -0.1) is 0 Å². The summed E-state index contributed by atoms with van der Waals surface area (Å²) in [5.74, 6) is 0. The van der Waals surface area contributed by atoms with E-state index in [9.17, 15) is 4.79 Å². The summed E-state index contributed by atoms with van der Waals surface area (Å²) in [7, 11) is 2.03. The number of carboxylic acid groups (broad SMARTS) is 1. The Labute approximate surface area is 72.8 Å². The van der Waals surface area contributed by atoms with E-state index in [-0.39, 0.29) is 6.04 Å². The van der Waals surface area contributed by atoms with Gasteiger partial charge in [-0.3, -0.25) is 0 Å². The SMILES string of the molecule is C[C@H]1CN(C)CCCN1C(=O)O. The molecule has 0 spiro atoms. The third-order valence-electron chi connectivity index (χ3n) is 2.29. The minimum atomic E-state index is -0.794. The van der Waals surface area contributed by atoms with E-state index in [0.29, 0.717) is 6.54 Å². The largest absolute Gasteiger partial charge is 0.465 e. The molecule has 1 heterocycles.